The molecule has 1 aliphatic heterocycles. The van der Waals surface area contributed by atoms with Crippen molar-refractivity contribution < 1.29 is 9.21 Å². The van der Waals surface area contributed by atoms with E-state index < -0.39 is 0 Å². The Morgan fingerprint density at radius 3 is 2.80 bits per heavy atom. The van der Waals surface area contributed by atoms with Gasteiger partial charge in [0.2, 0.25) is 5.89 Å². The van der Waals surface area contributed by atoms with E-state index in [0.717, 1.165) is 17.0 Å². The Morgan fingerprint density at radius 1 is 1.24 bits per heavy atom. The second-order valence-electron chi connectivity index (χ2n) is 6.14. The van der Waals surface area contributed by atoms with E-state index >= 15 is 0 Å². The van der Waals surface area contributed by atoms with E-state index in [1.54, 1.807) is 11.8 Å². The van der Waals surface area contributed by atoms with Gasteiger partial charge in [0.15, 0.2) is 5.43 Å². The molecule has 25 heavy (non-hydrogen) atoms. The van der Waals surface area contributed by atoms with Crippen LogP contribution in [0.25, 0.3) is 11.5 Å². The number of hydrogen-bond donors (Lipinski definition) is 1. The Morgan fingerprint density at radius 2 is 2.04 bits per heavy atom. The highest BCUT2D eigenvalue weighted by atomic mass is 16.4. The van der Waals surface area contributed by atoms with Crippen LogP contribution in [0.3, 0.4) is 0 Å². The van der Waals surface area contributed by atoms with Crippen molar-refractivity contribution in [3.8, 4) is 11.5 Å². The summed E-state index contributed by atoms with van der Waals surface area (Å²) < 4.78 is 5.86. The van der Waals surface area contributed by atoms with E-state index in [0.29, 0.717) is 36.8 Å². The number of amides is 1. The number of hydrogen-bond acceptors (Lipinski definition) is 4. The smallest absolute Gasteiger partial charge is 0.270 e. The van der Waals surface area contributed by atoms with Crippen molar-refractivity contribution in [2.75, 3.05) is 6.54 Å². The zero-order valence-corrected chi connectivity index (χ0v) is 13.8. The van der Waals surface area contributed by atoms with E-state index in [2.05, 4.69) is 9.97 Å². The zero-order chi connectivity index (χ0) is 17.4. The highest BCUT2D eigenvalue weighted by Gasteiger charge is 2.27. The molecule has 1 N–H and O–H groups in total. The van der Waals surface area contributed by atoms with Gasteiger partial charge in [-0.1, -0.05) is 18.2 Å². The number of carbonyl (C=O) groups is 1. The molecule has 0 saturated carbocycles. The molecule has 0 radical (unpaired) electrons. The maximum absolute atomic E-state index is 12.7. The number of aryl methyl sites for hydroxylation is 1. The van der Waals surface area contributed by atoms with Gasteiger partial charge in [-0.2, -0.15) is 0 Å². The van der Waals surface area contributed by atoms with Crippen molar-refractivity contribution in [1.29, 1.82) is 0 Å². The lowest BCUT2D eigenvalue weighted by Gasteiger charge is -2.25. The van der Waals surface area contributed by atoms with Crippen molar-refractivity contribution in [1.82, 2.24) is 14.9 Å². The normalized spacial score (nSPS) is 13.6. The van der Waals surface area contributed by atoms with Crippen LogP contribution in [0.5, 0.6) is 0 Å². The molecular formula is C19H17N3O3. The van der Waals surface area contributed by atoms with Crippen LogP contribution in [0, 0.1) is 6.92 Å². The SMILES string of the molecule is Cc1cc(=O)cc(C(=O)N2CCc3oc(-c4ccccc4)nc3C2)[nH]1. The first-order valence-corrected chi connectivity index (χ1v) is 8.14. The highest BCUT2D eigenvalue weighted by molar-refractivity contribution is 5.92. The first-order chi connectivity index (χ1) is 12.1. The highest BCUT2D eigenvalue weighted by Crippen LogP contribution is 2.26. The molecule has 3 heterocycles. The lowest BCUT2D eigenvalue weighted by molar-refractivity contribution is 0.0721. The Kier molecular flexibility index (Phi) is 3.72. The molecule has 0 saturated heterocycles. The van der Waals surface area contributed by atoms with Crippen molar-refractivity contribution >= 4 is 5.91 Å². The third kappa shape index (κ3) is 2.98. The Bertz CT molecular complexity index is 989. The summed E-state index contributed by atoms with van der Waals surface area (Å²) in [6.07, 6.45) is 0.608. The average molecular weight is 335 g/mol. The van der Waals surface area contributed by atoms with Crippen LogP contribution in [0.4, 0.5) is 0 Å². The van der Waals surface area contributed by atoms with E-state index in [4.69, 9.17) is 4.42 Å². The summed E-state index contributed by atoms with van der Waals surface area (Å²) in [5, 5.41) is 0. The number of aromatic nitrogens is 2. The number of H-pyrrole nitrogens is 1. The van der Waals surface area contributed by atoms with Gasteiger partial charge in [-0.05, 0) is 19.1 Å². The molecule has 0 unspecified atom stereocenters. The zero-order valence-electron chi connectivity index (χ0n) is 13.8. The van der Waals surface area contributed by atoms with Gasteiger partial charge in [-0.3, -0.25) is 9.59 Å². The Hall–Kier alpha value is -3.15. The minimum Gasteiger partial charge on any atom is -0.441 e. The number of oxazole rings is 1. The molecule has 4 rings (SSSR count). The largest absolute Gasteiger partial charge is 0.441 e. The van der Waals surface area contributed by atoms with Crippen LogP contribution in [0.15, 0.2) is 51.7 Å². The van der Waals surface area contributed by atoms with Gasteiger partial charge >= 0.3 is 0 Å². The fraction of sp³-hybridized carbons (Fsp3) is 0.211. The van der Waals surface area contributed by atoms with Gasteiger partial charge in [0.1, 0.15) is 17.1 Å². The van der Waals surface area contributed by atoms with Crippen molar-refractivity contribution in [2.24, 2.45) is 0 Å². The molecule has 0 aliphatic carbocycles. The Balaban J connectivity index is 1.59. The van der Waals surface area contributed by atoms with Gasteiger partial charge in [0.05, 0.1) is 6.54 Å². The molecule has 1 aromatic carbocycles. The molecule has 3 aromatic rings. The molecule has 0 atom stereocenters. The molecule has 1 amide bonds. The van der Waals surface area contributed by atoms with E-state index in [1.807, 2.05) is 30.3 Å². The number of carbonyl (C=O) groups excluding carboxylic acids is 1. The summed E-state index contributed by atoms with van der Waals surface area (Å²) >= 11 is 0. The van der Waals surface area contributed by atoms with E-state index in [-0.39, 0.29) is 11.3 Å². The van der Waals surface area contributed by atoms with Crippen LogP contribution in [-0.4, -0.2) is 27.3 Å². The van der Waals surface area contributed by atoms with Crippen molar-refractivity contribution in [2.45, 2.75) is 19.9 Å². The minimum atomic E-state index is -0.198. The van der Waals surface area contributed by atoms with Gasteiger partial charge in [-0.15, -0.1) is 0 Å². The maximum atomic E-state index is 12.7. The summed E-state index contributed by atoms with van der Waals surface area (Å²) in [5.41, 5.74) is 2.48. The van der Waals surface area contributed by atoms with Gasteiger partial charge in [0.25, 0.3) is 5.91 Å². The minimum absolute atomic E-state index is 0.176. The second-order valence-corrected chi connectivity index (χ2v) is 6.14. The number of pyridine rings is 1. The van der Waals surface area contributed by atoms with Gasteiger partial charge in [0, 0.05) is 36.4 Å². The maximum Gasteiger partial charge on any atom is 0.270 e. The average Bonchev–Trinajstić information content (AvgIpc) is 3.04. The second kappa shape index (κ2) is 6.05. The summed E-state index contributed by atoms with van der Waals surface area (Å²) in [6, 6.07) is 12.5. The monoisotopic (exact) mass is 335 g/mol. The van der Waals surface area contributed by atoms with Crippen molar-refractivity contribution in [3.63, 3.8) is 0 Å². The molecule has 0 spiro atoms. The first-order valence-electron chi connectivity index (χ1n) is 8.14. The topological polar surface area (TPSA) is 79.2 Å². The Labute approximate surface area is 144 Å². The number of benzene rings is 1. The lowest BCUT2D eigenvalue weighted by Crippen LogP contribution is -2.36. The molecule has 6 nitrogen and oxygen atoms in total. The van der Waals surface area contributed by atoms with Crippen LogP contribution >= 0.6 is 0 Å². The summed E-state index contributed by atoms with van der Waals surface area (Å²) in [6.45, 7) is 2.67. The molecule has 1 aliphatic rings. The fourth-order valence-corrected chi connectivity index (χ4v) is 3.04. The summed E-state index contributed by atoms with van der Waals surface area (Å²) in [4.78, 5) is 33.5. The van der Waals surface area contributed by atoms with Crippen molar-refractivity contribution in [3.05, 3.63) is 75.5 Å². The predicted octanol–water partition coefficient (Wildman–Crippen LogP) is 2.54. The number of aromatic amines is 1. The molecule has 0 bridgehead atoms. The summed E-state index contributed by atoms with van der Waals surface area (Å²) in [7, 11) is 0. The predicted molar refractivity (Wildman–Crippen MR) is 92.2 cm³/mol. The third-order valence-electron chi connectivity index (χ3n) is 4.24. The summed E-state index contributed by atoms with van der Waals surface area (Å²) in [5.74, 6) is 1.19. The molecule has 0 fully saturated rings. The lowest BCUT2D eigenvalue weighted by atomic mass is 10.1. The quantitative estimate of drug-likeness (QED) is 0.780. The number of nitrogens with one attached hydrogen (secondary N) is 1. The van der Waals surface area contributed by atoms with Gasteiger partial charge in [-0.25, -0.2) is 4.98 Å². The molecule has 6 heteroatoms. The molecule has 2 aromatic heterocycles. The van der Waals surface area contributed by atoms with Crippen LogP contribution in [0.2, 0.25) is 0 Å². The number of rotatable bonds is 2. The van der Waals surface area contributed by atoms with Crippen LogP contribution in [0.1, 0.15) is 27.6 Å². The standard InChI is InChI=1S/C19H17N3O3/c1-12-9-14(23)10-15(20-12)19(24)22-8-7-17-16(11-22)21-18(25-17)13-5-3-2-4-6-13/h2-6,9-10H,7-8,11H2,1H3,(H,20,23). The van der Waals surface area contributed by atoms with E-state index in [1.165, 1.54) is 12.1 Å². The number of nitrogens with zero attached hydrogens (tertiary/aromatic N) is 2. The number of fused-ring (bicyclic) bond motifs is 1. The third-order valence-corrected chi connectivity index (χ3v) is 4.24. The van der Waals surface area contributed by atoms with Crippen LogP contribution < -0.4 is 5.43 Å². The molecular weight excluding hydrogens is 318 g/mol. The first kappa shape index (κ1) is 15.4. The van der Waals surface area contributed by atoms with Crippen LogP contribution in [-0.2, 0) is 13.0 Å². The fourth-order valence-electron chi connectivity index (χ4n) is 3.04. The van der Waals surface area contributed by atoms with E-state index in [9.17, 15) is 9.59 Å². The molecule has 126 valence electrons. The van der Waals surface area contributed by atoms with Gasteiger partial charge < -0.3 is 14.3 Å².